The lowest BCUT2D eigenvalue weighted by atomic mass is 10.1. The summed E-state index contributed by atoms with van der Waals surface area (Å²) in [5.41, 5.74) is 1.23. The number of fused-ring (bicyclic) bond motifs is 1. The molecule has 0 aromatic carbocycles. The first kappa shape index (κ1) is 9.41. The van der Waals surface area contributed by atoms with Crippen molar-refractivity contribution in [3.05, 3.63) is 29.8 Å². The van der Waals surface area contributed by atoms with Crippen molar-refractivity contribution < 1.29 is 4.42 Å². The monoisotopic (exact) mass is 212 g/mol. The third-order valence-corrected chi connectivity index (χ3v) is 3.10. The molecule has 16 heavy (non-hydrogen) atoms. The molecule has 0 spiro atoms. The van der Waals surface area contributed by atoms with Crippen LogP contribution >= 0.6 is 0 Å². The molecule has 2 aromatic heterocycles. The van der Waals surface area contributed by atoms with Gasteiger partial charge in [0.05, 0.1) is 5.39 Å². The van der Waals surface area contributed by atoms with Crippen molar-refractivity contribution in [1.29, 1.82) is 5.26 Å². The fourth-order valence-corrected chi connectivity index (χ4v) is 1.98. The van der Waals surface area contributed by atoms with E-state index in [1.54, 1.807) is 6.20 Å². The van der Waals surface area contributed by atoms with Crippen molar-refractivity contribution in [2.24, 2.45) is 5.92 Å². The van der Waals surface area contributed by atoms with Gasteiger partial charge in [-0.25, -0.2) is 4.98 Å². The van der Waals surface area contributed by atoms with Gasteiger partial charge in [0.1, 0.15) is 17.4 Å². The molecule has 80 valence electrons. The SMILES string of the molecule is N#Cc1nccc2oc(CCC3CC3)cc12. The molecule has 2 aromatic rings. The number of hydrogen-bond acceptors (Lipinski definition) is 3. The summed E-state index contributed by atoms with van der Waals surface area (Å²) in [5, 5.41) is 9.76. The highest BCUT2D eigenvalue weighted by Gasteiger charge is 2.21. The summed E-state index contributed by atoms with van der Waals surface area (Å²) in [6.45, 7) is 0. The van der Waals surface area contributed by atoms with Gasteiger partial charge in [-0.05, 0) is 24.5 Å². The Morgan fingerprint density at radius 3 is 3.12 bits per heavy atom. The standard InChI is InChI=1S/C13H12N2O/c14-8-12-11-7-10(4-3-9-1-2-9)16-13(11)5-6-15-12/h5-7,9H,1-4H2. The Bertz CT molecular complexity index is 561. The molecule has 3 heteroatoms. The third-order valence-electron chi connectivity index (χ3n) is 3.10. The lowest BCUT2D eigenvalue weighted by Crippen LogP contribution is -1.82. The van der Waals surface area contributed by atoms with E-state index in [2.05, 4.69) is 11.1 Å². The van der Waals surface area contributed by atoms with E-state index >= 15 is 0 Å². The van der Waals surface area contributed by atoms with Crippen LogP contribution in [0, 0.1) is 17.2 Å². The van der Waals surface area contributed by atoms with Crippen molar-refractivity contribution in [1.82, 2.24) is 4.98 Å². The molecule has 0 N–H and O–H groups in total. The van der Waals surface area contributed by atoms with Gasteiger partial charge in [-0.1, -0.05) is 12.8 Å². The second kappa shape index (κ2) is 3.64. The van der Waals surface area contributed by atoms with Crippen LogP contribution in [-0.2, 0) is 6.42 Å². The van der Waals surface area contributed by atoms with Crippen molar-refractivity contribution in [3.8, 4) is 6.07 Å². The van der Waals surface area contributed by atoms with Gasteiger partial charge in [0.25, 0.3) is 0 Å². The second-order valence-electron chi connectivity index (χ2n) is 4.38. The minimum absolute atomic E-state index is 0.457. The average molecular weight is 212 g/mol. The van der Waals surface area contributed by atoms with Gasteiger partial charge in [0, 0.05) is 12.6 Å². The Morgan fingerprint density at radius 2 is 2.38 bits per heavy atom. The molecule has 1 aliphatic carbocycles. The van der Waals surface area contributed by atoms with Gasteiger partial charge < -0.3 is 4.42 Å². The maximum atomic E-state index is 8.92. The molecule has 0 bridgehead atoms. The molecule has 0 unspecified atom stereocenters. The molecule has 0 saturated heterocycles. The third kappa shape index (κ3) is 1.67. The van der Waals surface area contributed by atoms with Crippen molar-refractivity contribution in [2.45, 2.75) is 25.7 Å². The number of rotatable bonds is 3. The molecular formula is C13H12N2O. The normalized spacial score (nSPS) is 15.2. The Hall–Kier alpha value is -1.82. The molecule has 3 nitrogen and oxygen atoms in total. The zero-order valence-electron chi connectivity index (χ0n) is 8.94. The summed E-state index contributed by atoms with van der Waals surface area (Å²) in [6, 6.07) is 5.87. The Labute approximate surface area is 93.7 Å². The quantitative estimate of drug-likeness (QED) is 0.785. The molecule has 3 rings (SSSR count). The second-order valence-corrected chi connectivity index (χ2v) is 4.38. The summed E-state index contributed by atoms with van der Waals surface area (Å²) in [4.78, 5) is 4.03. The number of nitriles is 1. The minimum Gasteiger partial charge on any atom is -0.461 e. The van der Waals surface area contributed by atoms with Crippen LogP contribution in [0.1, 0.15) is 30.7 Å². The number of furan rings is 1. The lowest BCUT2D eigenvalue weighted by molar-refractivity contribution is 0.528. The summed E-state index contributed by atoms with van der Waals surface area (Å²) < 4.78 is 5.70. The van der Waals surface area contributed by atoms with Gasteiger partial charge >= 0.3 is 0 Å². The molecular weight excluding hydrogens is 200 g/mol. The van der Waals surface area contributed by atoms with E-state index < -0.39 is 0 Å². The highest BCUT2D eigenvalue weighted by atomic mass is 16.3. The van der Waals surface area contributed by atoms with Gasteiger partial charge in [-0.15, -0.1) is 0 Å². The van der Waals surface area contributed by atoms with Crippen LogP contribution in [0.15, 0.2) is 22.7 Å². The van der Waals surface area contributed by atoms with Crippen LogP contribution in [-0.4, -0.2) is 4.98 Å². The minimum atomic E-state index is 0.457. The van der Waals surface area contributed by atoms with Crippen LogP contribution in [0.5, 0.6) is 0 Å². The largest absolute Gasteiger partial charge is 0.461 e. The van der Waals surface area contributed by atoms with Crippen molar-refractivity contribution in [3.63, 3.8) is 0 Å². The average Bonchev–Trinajstić information content (AvgIpc) is 3.04. The number of aromatic nitrogens is 1. The summed E-state index contributed by atoms with van der Waals surface area (Å²) in [5.74, 6) is 1.88. The van der Waals surface area contributed by atoms with Gasteiger partial charge in [-0.3, -0.25) is 0 Å². The van der Waals surface area contributed by atoms with Crippen molar-refractivity contribution >= 4 is 11.0 Å². The van der Waals surface area contributed by atoms with Crippen LogP contribution in [0.4, 0.5) is 0 Å². The fraction of sp³-hybridized carbons (Fsp3) is 0.385. The molecule has 0 amide bonds. The zero-order valence-corrected chi connectivity index (χ0v) is 8.94. The van der Waals surface area contributed by atoms with E-state index in [1.165, 1.54) is 19.3 Å². The Morgan fingerprint density at radius 1 is 1.50 bits per heavy atom. The first-order valence-corrected chi connectivity index (χ1v) is 5.64. The van der Waals surface area contributed by atoms with E-state index in [0.29, 0.717) is 5.69 Å². The first-order chi connectivity index (χ1) is 7.86. The van der Waals surface area contributed by atoms with E-state index in [9.17, 15) is 0 Å². The zero-order chi connectivity index (χ0) is 11.0. The van der Waals surface area contributed by atoms with Gasteiger partial charge in [-0.2, -0.15) is 5.26 Å². The summed E-state index contributed by atoms with van der Waals surface area (Å²) >= 11 is 0. The molecule has 2 heterocycles. The fourth-order valence-electron chi connectivity index (χ4n) is 1.98. The number of pyridine rings is 1. The highest BCUT2D eigenvalue weighted by molar-refractivity contribution is 5.82. The van der Waals surface area contributed by atoms with E-state index in [0.717, 1.165) is 29.1 Å². The Kier molecular flexibility index (Phi) is 2.14. The predicted octanol–water partition coefficient (Wildman–Crippen LogP) is 3.04. The molecule has 1 aliphatic rings. The molecule has 0 aliphatic heterocycles. The van der Waals surface area contributed by atoms with Gasteiger partial charge in [0.15, 0.2) is 5.69 Å². The number of aryl methyl sites for hydroxylation is 1. The van der Waals surface area contributed by atoms with Gasteiger partial charge in [0.2, 0.25) is 0 Å². The van der Waals surface area contributed by atoms with E-state index in [1.807, 2.05) is 12.1 Å². The maximum absolute atomic E-state index is 8.92. The van der Waals surface area contributed by atoms with Crippen LogP contribution in [0.25, 0.3) is 11.0 Å². The topological polar surface area (TPSA) is 49.8 Å². The summed E-state index contributed by atoms with van der Waals surface area (Å²) in [6.07, 6.45) is 6.53. The van der Waals surface area contributed by atoms with Crippen LogP contribution in [0.3, 0.4) is 0 Å². The molecule has 1 saturated carbocycles. The lowest BCUT2D eigenvalue weighted by Gasteiger charge is -1.92. The molecule has 0 atom stereocenters. The first-order valence-electron chi connectivity index (χ1n) is 5.64. The summed E-state index contributed by atoms with van der Waals surface area (Å²) in [7, 11) is 0. The van der Waals surface area contributed by atoms with E-state index in [-0.39, 0.29) is 0 Å². The predicted molar refractivity (Wildman–Crippen MR) is 59.8 cm³/mol. The molecule has 1 fully saturated rings. The molecule has 0 radical (unpaired) electrons. The van der Waals surface area contributed by atoms with E-state index in [4.69, 9.17) is 9.68 Å². The van der Waals surface area contributed by atoms with Crippen LogP contribution in [0.2, 0.25) is 0 Å². The number of hydrogen-bond donors (Lipinski definition) is 0. The highest BCUT2D eigenvalue weighted by Crippen LogP contribution is 2.34. The Balaban J connectivity index is 1.92. The van der Waals surface area contributed by atoms with Crippen LogP contribution < -0.4 is 0 Å². The maximum Gasteiger partial charge on any atom is 0.151 e. The smallest absolute Gasteiger partial charge is 0.151 e. The van der Waals surface area contributed by atoms with Crippen molar-refractivity contribution in [2.75, 3.05) is 0 Å². The number of nitrogens with zero attached hydrogens (tertiary/aromatic N) is 2.